The topological polar surface area (TPSA) is 87.7 Å². The molecule has 2 atom stereocenters. The number of hydrogen-bond acceptors (Lipinski definition) is 5. The van der Waals surface area contributed by atoms with E-state index in [9.17, 15) is 14.4 Å². The number of likely N-dealkylation sites (tertiary alicyclic amines) is 1. The van der Waals surface area contributed by atoms with Gasteiger partial charge in [0.15, 0.2) is 0 Å². The molecule has 26 heavy (non-hydrogen) atoms. The minimum atomic E-state index is -0.435. The number of nitrogens with zero attached hydrogens (tertiary/aromatic N) is 1. The average Bonchev–Trinajstić information content (AvgIpc) is 3.17. The van der Waals surface area contributed by atoms with Gasteiger partial charge in [0.25, 0.3) is 0 Å². The van der Waals surface area contributed by atoms with Crippen molar-refractivity contribution in [2.24, 2.45) is 5.92 Å². The molecule has 3 amide bonds. The van der Waals surface area contributed by atoms with E-state index in [1.165, 1.54) is 6.92 Å². The summed E-state index contributed by atoms with van der Waals surface area (Å²) >= 11 is 1.67. The third kappa shape index (κ3) is 6.46. The van der Waals surface area contributed by atoms with Crippen LogP contribution in [0, 0.1) is 5.92 Å². The molecule has 148 valence electrons. The second kappa shape index (κ2) is 10.8. The molecule has 7 nitrogen and oxygen atoms in total. The molecule has 2 heterocycles. The highest BCUT2D eigenvalue weighted by atomic mass is 32.2. The lowest BCUT2D eigenvalue weighted by Crippen LogP contribution is -2.51. The van der Waals surface area contributed by atoms with E-state index in [4.69, 9.17) is 4.74 Å². The number of amides is 3. The fraction of sp³-hybridized carbons (Fsp3) is 0.833. The van der Waals surface area contributed by atoms with Gasteiger partial charge in [-0.05, 0) is 50.0 Å². The summed E-state index contributed by atoms with van der Waals surface area (Å²) in [5.74, 6) is 1.05. The van der Waals surface area contributed by atoms with Crippen molar-refractivity contribution in [3.63, 3.8) is 0 Å². The fourth-order valence-electron chi connectivity index (χ4n) is 3.46. The van der Waals surface area contributed by atoms with Gasteiger partial charge in [-0.3, -0.25) is 14.4 Å². The van der Waals surface area contributed by atoms with Crippen molar-refractivity contribution in [2.45, 2.75) is 51.2 Å². The number of carbonyl (C=O) groups excluding carboxylic acids is 3. The Kier molecular flexibility index (Phi) is 8.71. The fourth-order valence-corrected chi connectivity index (χ4v) is 3.93. The van der Waals surface area contributed by atoms with Crippen LogP contribution >= 0.6 is 11.8 Å². The van der Waals surface area contributed by atoms with Crippen molar-refractivity contribution < 1.29 is 19.1 Å². The lowest BCUT2D eigenvalue weighted by molar-refractivity contribution is -0.137. The van der Waals surface area contributed by atoms with Crippen molar-refractivity contribution in [1.82, 2.24) is 15.5 Å². The van der Waals surface area contributed by atoms with Crippen LogP contribution in [0.2, 0.25) is 0 Å². The Hall–Kier alpha value is -1.28. The van der Waals surface area contributed by atoms with Crippen molar-refractivity contribution >= 4 is 29.5 Å². The number of thioether (sulfide) groups is 1. The quantitative estimate of drug-likeness (QED) is 0.645. The molecule has 2 rings (SSSR count). The van der Waals surface area contributed by atoms with Gasteiger partial charge in [-0.2, -0.15) is 11.8 Å². The molecule has 8 heteroatoms. The summed E-state index contributed by atoms with van der Waals surface area (Å²) in [5.41, 5.74) is 0. The monoisotopic (exact) mass is 385 g/mol. The molecule has 0 unspecified atom stereocenters. The van der Waals surface area contributed by atoms with Gasteiger partial charge in [-0.1, -0.05) is 0 Å². The van der Waals surface area contributed by atoms with Crippen LogP contribution in [0.5, 0.6) is 0 Å². The van der Waals surface area contributed by atoms with E-state index >= 15 is 0 Å². The predicted molar refractivity (Wildman–Crippen MR) is 102 cm³/mol. The minimum Gasteiger partial charge on any atom is -0.368 e. The van der Waals surface area contributed by atoms with Crippen molar-refractivity contribution in [3.8, 4) is 0 Å². The molecule has 0 radical (unpaired) electrons. The first kappa shape index (κ1) is 21.0. The Morgan fingerprint density at radius 1 is 1.23 bits per heavy atom. The maximum Gasteiger partial charge on any atom is 0.249 e. The molecule has 0 spiro atoms. The van der Waals surface area contributed by atoms with Gasteiger partial charge in [0.2, 0.25) is 17.7 Å². The van der Waals surface area contributed by atoms with Crippen LogP contribution in [0.15, 0.2) is 0 Å². The van der Waals surface area contributed by atoms with Gasteiger partial charge < -0.3 is 20.3 Å². The summed E-state index contributed by atoms with van der Waals surface area (Å²) in [6.45, 7) is 4.11. The van der Waals surface area contributed by atoms with Gasteiger partial charge >= 0.3 is 0 Å². The number of ether oxygens (including phenoxy) is 1. The molecular formula is C18H31N3O4S. The van der Waals surface area contributed by atoms with Crippen LogP contribution in [-0.2, 0) is 19.1 Å². The van der Waals surface area contributed by atoms with Crippen molar-refractivity contribution in [1.29, 1.82) is 0 Å². The molecule has 0 aromatic heterocycles. The number of carbonyl (C=O) groups is 3. The molecule has 2 saturated heterocycles. The number of nitrogens with one attached hydrogen (secondary N) is 2. The highest BCUT2D eigenvalue weighted by molar-refractivity contribution is 7.98. The van der Waals surface area contributed by atoms with Gasteiger partial charge in [0.05, 0.1) is 0 Å². The second-order valence-corrected chi connectivity index (χ2v) is 8.04. The highest BCUT2D eigenvalue weighted by Crippen LogP contribution is 2.19. The van der Waals surface area contributed by atoms with E-state index < -0.39 is 6.04 Å². The Morgan fingerprint density at radius 2 is 1.96 bits per heavy atom. The molecular weight excluding hydrogens is 354 g/mol. The SMILES string of the molecule is CSCC[C@H](NC(C)=O)C(=O)N1CCC(CNC(=O)[C@H]2CCCO2)CC1. The Bertz CT molecular complexity index is 489. The number of hydrogen-bond donors (Lipinski definition) is 2. The molecule has 2 N–H and O–H groups in total. The molecule has 2 aliphatic heterocycles. The third-order valence-electron chi connectivity index (χ3n) is 5.00. The molecule has 0 aromatic carbocycles. The van der Waals surface area contributed by atoms with E-state index in [1.54, 1.807) is 11.8 Å². The summed E-state index contributed by atoms with van der Waals surface area (Å²) in [6.07, 6.45) is 5.85. The van der Waals surface area contributed by atoms with Crippen LogP contribution in [0.1, 0.15) is 39.0 Å². The molecule has 0 bridgehead atoms. The standard InChI is InChI=1S/C18H31N3O4S/c1-13(22)20-15(7-11-26-2)18(24)21-8-5-14(6-9-21)12-19-17(23)16-4-3-10-25-16/h14-16H,3-12H2,1-2H3,(H,19,23)(H,20,22)/t15-,16+/m0/s1. The summed E-state index contributed by atoms with van der Waals surface area (Å²) < 4.78 is 5.39. The molecule has 2 fully saturated rings. The highest BCUT2D eigenvalue weighted by Gasteiger charge is 2.29. The van der Waals surface area contributed by atoms with E-state index in [0.717, 1.165) is 31.4 Å². The summed E-state index contributed by atoms with van der Waals surface area (Å²) in [6, 6.07) is -0.435. The maximum absolute atomic E-state index is 12.7. The first-order chi connectivity index (χ1) is 12.5. The second-order valence-electron chi connectivity index (χ2n) is 7.05. The number of piperidine rings is 1. The van der Waals surface area contributed by atoms with Gasteiger partial charge in [-0.25, -0.2) is 0 Å². The van der Waals surface area contributed by atoms with E-state index in [-0.39, 0.29) is 23.8 Å². The Balaban J connectivity index is 1.74. The number of rotatable bonds is 8. The predicted octanol–water partition coefficient (Wildman–Crippen LogP) is 0.778. The van der Waals surface area contributed by atoms with E-state index in [1.807, 2.05) is 11.2 Å². The van der Waals surface area contributed by atoms with Crippen LogP contribution in [0.3, 0.4) is 0 Å². The molecule has 2 aliphatic rings. The minimum absolute atomic E-state index is 0.0103. The van der Waals surface area contributed by atoms with E-state index in [0.29, 0.717) is 38.6 Å². The molecule has 0 aromatic rings. The van der Waals surface area contributed by atoms with Gasteiger partial charge in [-0.15, -0.1) is 0 Å². The van der Waals surface area contributed by atoms with Gasteiger partial charge in [0, 0.05) is 33.2 Å². The van der Waals surface area contributed by atoms with Crippen molar-refractivity contribution in [3.05, 3.63) is 0 Å². The average molecular weight is 386 g/mol. The Morgan fingerprint density at radius 3 is 2.54 bits per heavy atom. The first-order valence-electron chi connectivity index (χ1n) is 9.45. The summed E-state index contributed by atoms with van der Waals surface area (Å²) in [7, 11) is 0. The maximum atomic E-state index is 12.7. The summed E-state index contributed by atoms with van der Waals surface area (Å²) in [5, 5.41) is 5.77. The zero-order chi connectivity index (χ0) is 18.9. The molecule has 0 aliphatic carbocycles. The third-order valence-corrected chi connectivity index (χ3v) is 5.64. The van der Waals surface area contributed by atoms with Gasteiger partial charge in [0.1, 0.15) is 12.1 Å². The van der Waals surface area contributed by atoms with Crippen LogP contribution in [0.25, 0.3) is 0 Å². The normalized spacial score (nSPS) is 22.1. The lowest BCUT2D eigenvalue weighted by Gasteiger charge is -2.34. The van der Waals surface area contributed by atoms with Crippen LogP contribution in [0.4, 0.5) is 0 Å². The zero-order valence-corrected chi connectivity index (χ0v) is 16.6. The van der Waals surface area contributed by atoms with Crippen LogP contribution < -0.4 is 10.6 Å². The van der Waals surface area contributed by atoms with Crippen LogP contribution in [-0.4, -0.2) is 73.0 Å². The largest absolute Gasteiger partial charge is 0.368 e. The smallest absolute Gasteiger partial charge is 0.249 e. The van der Waals surface area contributed by atoms with E-state index in [2.05, 4.69) is 10.6 Å². The zero-order valence-electron chi connectivity index (χ0n) is 15.8. The Labute approximate surface area is 160 Å². The van der Waals surface area contributed by atoms with Crippen molar-refractivity contribution in [2.75, 3.05) is 38.2 Å². The molecule has 0 saturated carbocycles. The first-order valence-corrected chi connectivity index (χ1v) is 10.8. The summed E-state index contributed by atoms with van der Waals surface area (Å²) in [4.78, 5) is 37.9. The lowest BCUT2D eigenvalue weighted by atomic mass is 9.96.